The number of hydrogen-bond acceptors (Lipinski definition) is 13. The van der Waals surface area contributed by atoms with Gasteiger partial charge < -0.3 is 52.6 Å². The normalized spacial score (nSPS) is 14.2. The van der Waals surface area contributed by atoms with E-state index in [-0.39, 0.29) is 42.8 Å². The highest BCUT2D eigenvalue weighted by molar-refractivity contribution is 5.72. The molecular weight excluding hydrogens is 1020 g/mol. The molecule has 0 bridgehead atoms. The molecule has 0 unspecified atom stereocenters. The Kier molecular flexibility index (Phi) is 59.1. The van der Waals surface area contributed by atoms with Crippen LogP contribution in [-0.2, 0) is 52.2 Å². The highest BCUT2D eigenvalue weighted by atomic mass is 16.6. The Morgan fingerprint density at radius 3 is 1.26 bits per heavy atom. The molecule has 0 spiro atoms. The Bertz CT molecular complexity index is 1260. The van der Waals surface area contributed by atoms with Gasteiger partial charge in [0, 0.05) is 19.6 Å². The Labute approximate surface area is 499 Å². The molecule has 1 heterocycles. The molecule has 13 heteroatoms. The predicted octanol–water partition coefficient (Wildman–Crippen LogP) is 16.6. The summed E-state index contributed by atoms with van der Waals surface area (Å²) in [5, 5.41) is 10.8. The number of piperidine rings is 1. The second-order valence-electron chi connectivity index (χ2n) is 23.8. The van der Waals surface area contributed by atoms with Crippen molar-refractivity contribution < 1.29 is 57.3 Å². The molecule has 1 aliphatic rings. The van der Waals surface area contributed by atoms with Crippen molar-refractivity contribution in [3.05, 3.63) is 0 Å². The van der Waals surface area contributed by atoms with Crippen molar-refractivity contribution in [1.82, 2.24) is 4.90 Å². The first-order valence-electron chi connectivity index (χ1n) is 34.7. The van der Waals surface area contributed by atoms with Crippen LogP contribution in [0, 0.1) is 5.92 Å². The summed E-state index contributed by atoms with van der Waals surface area (Å²) in [6.07, 6.45) is 47.4. The smallest absolute Gasteiger partial charge is 0.309 e. The van der Waals surface area contributed by atoms with Crippen LogP contribution in [0.4, 0.5) is 0 Å². The molecule has 1 N–H and O–H groups in total. The van der Waals surface area contributed by atoms with E-state index >= 15 is 0 Å². The van der Waals surface area contributed by atoms with Crippen molar-refractivity contribution in [2.45, 2.75) is 322 Å². The van der Waals surface area contributed by atoms with Crippen LogP contribution in [-0.4, -0.2) is 146 Å². The lowest BCUT2D eigenvalue weighted by atomic mass is 9.97. The van der Waals surface area contributed by atoms with E-state index in [1.54, 1.807) is 0 Å². The molecule has 2 atom stereocenters. The maximum atomic E-state index is 12.9. The van der Waals surface area contributed by atoms with E-state index in [1.807, 2.05) is 0 Å². The molecule has 482 valence electrons. The topological polar surface area (TPSA) is 141 Å². The number of rotatable bonds is 65. The van der Waals surface area contributed by atoms with Gasteiger partial charge in [0.25, 0.3) is 0 Å². The average molecular weight is 1160 g/mol. The molecule has 0 aromatic heterocycles. The number of carbonyl (C=O) groups is 2. The minimum absolute atomic E-state index is 0.00633. The minimum atomic E-state index is -0.660. The molecular formula is C68H133NO12. The van der Waals surface area contributed by atoms with Crippen LogP contribution in [0.2, 0.25) is 0 Å². The maximum Gasteiger partial charge on any atom is 0.309 e. The Morgan fingerprint density at radius 2 is 0.778 bits per heavy atom. The lowest BCUT2D eigenvalue weighted by Gasteiger charge is -2.27. The molecule has 1 fully saturated rings. The number of carbonyl (C=O) groups excluding carboxylic acids is 2. The van der Waals surface area contributed by atoms with E-state index in [9.17, 15) is 14.7 Å². The molecule has 0 aromatic carbocycles. The Morgan fingerprint density at radius 1 is 0.407 bits per heavy atom. The highest BCUT2D eigenvalue weighted by Crippen LogP contribution is 2.22. The molecule has 0 aliphatic carbocycles. The number of aliphatic hydroxyl groups excluding tert-OH is 1. The summed E-state index contributed by atoms with van der Waals surface area (Å²) in [6, 6.07) is 0. The third-order valence-electron chi connectivity index (χ3n) is 16.0. The van der Waals surface area contributed by atoms with E-state index in [0.29, 0.717) is 85.5 Å². The number of likely N-dealkylation sites (tertiary alicyclic amines) is 1. The van der Waals surface area contributed by atoms with E-state index in [0.717, 1.165) is 129 Å². The quantitative estimate of drug-likeness (QED) is 0.0351. The van der Waals surface area contributed by atoms with Crippen LogP contribution in [0.15, 0.2) is 0 Å². The van der Waals surface area contributed by atoms with E-state index in [1.165, 1.54) is 141 Å². The van der Waals surface area contributed by atoms with Crippen molar-refractivity contribution in [3.8, 4) is 0 Å². The van der Waals surface area contributed by atoms with Gasteiger partial charge in [-0.2, -0.15) is 0 Å². The van der Waals surface area contributed by atoms with Gasteiger partial charge in [-0.1, -0.05) is 207 Å². The van der Waals surface area contributed by atoms with Crippen molar-refractivity contribution in [2.24, 2.45) is 5.92 Å². The molecule has 0 amide bonds. The Balaban J connectivity index is 2.41. The van der Waals surface area contributed by atoms with Gasteiger partial charge in [0.2, 0.25) is 0 Å². The van der Waals surface area contributed by atoms with Gasteiger partial charge in [-0.25, -0.2) is 0 Å². The average Bonchev–Trinajstić information content (AvgIpc) is 3.46. The summed E-state index contributed by atoms with van der Waals surface area (Å²) in [5.74, 6) is -0.115. The largest absolute Gasteiger partial charge is 0.463 e. The zero-order chi connectivity index (χ0) is 58.6. The summed E-state index contributed by atoms with van der Waals surface area (Å²) in [4.78, 5) is 27.4. The minimum Gasteiger partial charge on any atom is -0.463 e. The van der Waals surface area contributed by atoms with Gasteiger partial charge in [0.05, 0.1) is 71.5 Å². The van der Waals surface area contributed by atoms with Crippen molar-refractivity contribution >= 4 is 11.9 Å². The molecule has 0 aromatic rings. The first kappa shape index (κ1) is 77.6. The number of esters is 2. The standard InChI is InChI=1S/C68H133NO12/c1-6-10-14-18-24-32-40-63(41-33-25-19-15-11-7-2)80-66(70)44-36-28-22-30-38-50-76-60-65(61-77-57-56-74-53-52-73-54-55-75-58-59-79-68(72)62-46-48-69(5)49-47-62)78-51-39-31-23-29-37-45-67(71)81-64(42-34-26-20-16-12-8-3)43-35-27-21-17-13-9-4/h62-66,70H,6-61H2,1-5H3/t65-,66-/m0/s1. The summed E-state index contributed by atoms with van der Waals surface area (Å²) < 4.78 is 53.2. The molecule has 1 rings (SSSR count). The second kappa shape index (κ2) is 61.7. The van der Waals surface area contributed by atoms with Crippen LogP contribution in [0.3, 0.4) is 0 Å². The molecule has 81 heavy (non-hydrogen) atoms. The fourth-order valence-corrected chi connectivity index (χ4v) is 10.7. The van der Waals surface area contributed by atoms with Crippen molar-refractivity contribution in [2.75, 3.05) is 99.4 Å². The van der Waals surface area contributed by atoms with Gasteiger partial charge in [-0.05, 0) is 104 Å². The zero-order valence-electron chi connectivity index (χ0n) is 53.9. The first-order valence-corrected chi connectivity index (χ1v) is 34.7. The van der Waals surface area contributed by atoms with Crippen molar-refractivity contribution in [1.29, 1.82) is 0 Å². The summed E-state index contributed by atoms with van der Waals surface area (Å²) in [7, 11) is 2.08. The monoisotopic (exact) mass is 1160 g/mol. The zero-order valence-corrected chi connectivity index (χ0v) is 53.9. The van der Waals surface area contributed by atoms with E-state index in [4.69, 9.17) is 42.6 Å². The molecule has 1 saturated heterocycles. The maximum absolute atomic E-state index is 12.9. The second-order valence-corrected chi connectivity index (χ2v) is 23.8. The number of hydrogen-bond donors (Lipinski definition) is 1. The number of unbranched alkanes of at least 4 members (excludes halogenated alkanes) is 28. The van der Waals surface area contributed by atoms with Gasteiger partial charge in [0.15, 0.2) is 6.29 Å². The number of ether oxygens (including phenoxy) is 9. The molecule has 0 radical (unpaired) electrons. The molecule has 13 nitrogen and oxygen atoms in total. The summed E-state index contributed by atoms with van der Waals surface area (Å²) in [5.41, 5.74) is 0. The van der Waals surface area contributed by atoms with Crippen LogP contribution >= 0.6 is 0 Å². The lowest BCUT2D eigenvalue weighted by molar-refractivity contribution is -0.152. The van der Waals surface area contributed by atoms with Crippen LogP contribution in [0.5, 0.6) is 0 Å². The predicted molar refractivity (Wildman–Crippen MR) is 333 cm³/mol. The first-order chi connectivity index (χ1) is 39.8. The van der Waals surface area contributed by atoms with Crippen LogP contribution in [0.25, 0.3) is 0 Å². The van der Waals surface area contributed by atoms with Gasteiger partial charge in [0.1, 0.15) is 18.8 Å². The van der Waals surface area contributed by atoms with E-state index in [2.05, 4.69) is 39.6 Å². The van der Waals surface area contributed by atoms with Gasteiger partial charge >= 0.3 is 11.9 Å². The third kappa shape index (κ3) is 53.8. The SMILES string of the molecule is CCCCCCCCC(CCCCCCCC)OC(=O)CCCCCCCO[C@@H](COCCCCCCC[C@@H](O)OC(CCCCCCCC)CCCCCCCC)COCCOCCOCCOCCOC(=O)C1CCN(C)CC1. The van der Waals surface area contributed by atoms with Gasteiger partial charge in [-0.15, -0.1) is 0 Å². The summed E-state index contributed by atoms with van der Waals surface area (Å²) in [6.45, 7) is 16.6. The fourth-order valence-electron chi connectivity index (χ4n) is 10.7. The van der Waals surface area contributed by atoms with Crippen molar-refractivity contribution in [3.63, 3.8) is 0 Å². The summed E-state index contributed by atoms with van der Waals surface area (Å²) >= 11 is 0. The lowest BCUT2D eigenvalue weighted by Crippen LogP contribution is -2.34. The van der Waals surface area contributed by atoms with E-state index < -0.39 is 6.29 Å². The number of aliphatic hydroxyl groups is 1. The molecule has 1 aliphatic heterocycles. The molecule has 0 saturated carbocycles. The van der Waals surface area contributed by atoms with Gasteiger partial charge in [-0.3, -0.25) is 9.59 Å². The number of nitrogens with zero attached hydrogens (tertiary/aromatic N) is 1. The van der Waals surface area contributed by atoms with Crippen LogP contribution in [0.1, 0.15) is 297 Å². The van der Waals surface area contributed by atoms with Crippen LogP contribution < -0.4 is 0 Å². The highest BCUT2D eigenvalue weighted by Gasteiger charge is 2.24. The Hall–Kier alpha value is -1.42. The third-order valence-corrected chi connectivity index (χ3v) is 16.0. The fraction of sp³-hybridized carbons (Fsp3) is 0.971.